The summed E-state index contributed by atoms with van der Waals surface area (Å²) in [5.74, 6) is 1.01. The third-order valence-corrected chi connectivity index (χ3v) is 4.75. The minimum Gasteiger partial charge on any atom is -0.391 e. The number of aryl methyl sites for hydroxylation is 1. The first-order valence-corrected chi connectivity index (χ1v) is 10.1. The van der Waals surface area contributed by atoms with Gasteiger partial charge < -0.3 is 4.48 Å². The van der Waals surface area contributed by atoms with Crippen molar-refractivity contribution in [1.29, 1.82) is 0 Å². The number of aromatic nitrogens is 2. The Labute approximate surface area is 145 Å². The highest BCUT2D eigenvalue weighted by molar-refractivity contribution is 6.06. The maximum absolute atomic E-state index is 5.76. The van der Waals surface area contributed by atoms with Crippen molar-refractivity contribution in [2.45, 2.75) is 110 Å². The second kappa shape index (κ2) is 14.8. The van der Waals surface area contributed by atoms with Crippen molar-refractivity contribution in [3.05, 3.63) is 18.2 Å². The lowest BCUT2D eigenvalue weighted by atomic mass is 10.0. The largest absolute Gasteiger partial charge is 0.391 e. The molecule has 0 N–H and O–H groups in total. The van der Waals surface area contributed by atoms with Gasteiger partial charge in [0, 0.05) is 18.8 Å². The van der Waals surface area contributed by atoms with E-state index in [4.69, 9.17) is 7.98 Å². The lowest BCUT2D eigenvalue weighted by Gasteiger charge is -2.04. The normalized spacial score (nSPS) is 11.2. The summed E-state index contributed by atoms with van der Waals surface area (Å²) >= 11 is 0. The summed E-state index contributed by atoms with van der Waals surface area (Å²) in [6.45, 7) is 2.29. The molecule has 0 aliphatic carbocycles. The highest BCUT2D eigenvalue weighted by Gasteiger charge is 1.98. The van der Waals surface area contributed by atoms with Crippen molar-refractivity contribution >= 4 is 7.98 Å². The van der Waals surface area contributed by atoms with Crippen LogP contribution in [0.5, 0.6) is 0 Å². The molecule has 0 unspecified atom stereocenters. The summed E-state index contributed by atoms with van der Waals surface area (Å²) in [4.78, 5) is 4.26. The fourth-order valence-electron chi connectivity index (χ4n) is 3.19. The van der Waals surface area contributed by atoms with Crippen LogP contribution in [0.15, 0.2) is 12.4 Å². The zero-order valence-corrected chi connectivity index (χ0v) is 15.4. The van der Waals surface area contributed by atoms with Crippen molar-refractivity contribution in [1.82, 2.24) is 9.46 Å². The fourth-order valence-corrected chi connectivity index (χ4v) is 3.19. The van der Waals surface area contributed by atoms with Crippen molar-refractivity contribution in [2.24, 2.45) is 0 Å². The molecule has 0 spiro atoms. The van der Waals surface area contributed by atoms with E-state index in [1.807, 2.05) is 6.20 Å². The second-order valence-corrected chi connectivity index (χ2v) is 6.95. The molecule has 0 bridgehead atoms. The van der Waals surface area contributed by atoms with Gasteiger partial charge in [-0.3, -0.25) is 0 Å². The number of unbranched alkanes of at least 4 members (excludes halogenated alkanes) is 14. The molecule has 0 atom stereocenters. The zero-order chi connectivity index (χ0) is 16.6. The molecule has 3 heteroatoms. The van der Waals surface area contributed by atoms with Gasteiger partial charge in [0.05, 0.1) is 5.82 Å². The van der Waals surface area contributed by atoms with E-state index in [0.717, 1.165) is 12.2 Å². The monoisotopic (exact) mass is 316 g/mol. The maximum Gasteiger partial charge on any atom is 0.235 e. The fraction of sp³-hybridized carbons (Fsp3) is 0.850. The van der Waals surface area contributed by atoms with Crippen LogP contribution in [-0.4, -0.2) is 17.4 Å². The second-order valence-electron chi connectivity index (χ2n) is 6.95. The first kappa shape index (κ1) is 20.3. The Hall–Kier alpha value is -0.725. The minimum absolute atomic E-state index is 1.01. The van der Waals surface area contributed by atoms with Crippen LogP contribution in [0.2, 0.25) is 0 Å². The molecule has 0 fully saturated rings. The van der Waals surface area contributed by atoms with Gasteiger partial charge in [-0.15, -0.1) is 0 Å². The van der Waals surface area contributed by atoms with E-state index in [1.54, 1.807) is 10.7 Å². The van der Waals surface area contributed by atoms with E-state index in [9.17, 15) is 0 Å². The van der Waals surface area contributed by atoms with Gasteiger partial charge in [-0.1, -0.05) is 96.8 Å². The number of hydrogen-bond donors (Lipinski definition) is 0. The summed E-state index contributed by atoms with van der Waals surface area (Å²) < 4.78 is 1.64. The van der Waals surface area contributed by atoms with Gasteiger partial charge in [0.2, 0.25) is 7.98 Å². The summed E-state index contributed by atoms with van der Waals surface area (Å²) in [5, 5.41) is 0. The molecule has 23 heavy (non-hydrogen) atoms. The van der Waals surface area contributed by atoms with E-state index in [0.29, 0.717) is 0 Å². The minimum atomic E-state index is 1.01. The van der Waals surface area contributed by atoms with Gasteiger partial charge >= 0.3 is 0 Å². The highest BCUT2D eigenvalue weighted by atomic mass is 15.0. The molecule has 0 aliphatic rings. The summed E-state index contributed by atoms with van der Waals surface area (Å²) in [7, 11) is 5.76. The maximum atomic E-state index is 5.76. The first-order valence-electron chi connectivity index (χ1n) is 10.1. The average Bonchev–Trinajstić information content (AvgIpc) is 2.96. The molecule has 1 rings (SSSR count). The molecule has 2 nitrogen and oxygen atoms in total. The zero-order valence-electron chi connectivity index (χ0n) is 15.4. The van der Waals surface area contributed by atoms with Crippen molar-refractivity contribution in [3.8, 4) is 0 Å². The van der Waals surface area contributed by atoms with Crippen LogP contribution >= 0.6 is 0 Å². The predicted molar refractivity (Wildman–Crippen MR) is 102 cm³/mol. The summed E-state index contributed by atoms with van der Waals surface area (Å²) in [6.07, 6.45) is 25.7. The van der Waals surface area contributed by atoms with Gasteiger partial charge in [-0.2, -0.15) is 0 Å². The molecular weight excluding hydrogens is 279 g/mol. The topological polar surface area (TPSA) is 17.8 Å². The molecule has 0 aliphatic heterocycles. The number of nitrogens with zero attached hydrogens (tertiary/aromatic N) is 2. The van der Waals surface area contributed by atoms with Crippen LogP contribution < -0.4 is 0 Å². The summed E-state index contributed by atoms with van der Waals surface area (Å²) in [5.41, 5.74) is 0. The van der Waals surface area contributed by atoms with Crippen LogP contribution in [-0.2, 0) is 6.42 Å². The Bertz CT molecular complexity index is 362. The van der Waals surface area contributed by atoms with Crippen molar-refractivity contribution in [2.75, 3.05) is 0 Å². The van der Waals surface area contributed by atoms with Crippen LogP contribution in [0.25, 0.3) is 0 Å². The molecule has 1 aromatic rings. The van der Waals surface area contributed by atoms with E-state index < -0.39 is 0 Å². The van der Waals surface area contributed by atoms with Gasteiger partial charge in [-0.25, -0.2) is 4.98 Å². The van der Waals surface area contributed by atoms with E-state index in [-0.39, 0.29) is 0 Å². The third kappa shape index (κ3) is 11.4. The third-order valence-electron chi connectivity index (χ3n) is 4.75. The number of imidazole rings is 1. The van der Waals surface area contributed by atoms with Crippen LogP contribution in [0.1, 0.15) is 109 Å². The number of hydrogen-bond acceptors (Lipinski definition) is 1. The smallest absolute Gasteiger partial charge is 0.235 e. The molecule has 130 valence electrons. The Morgan fingerprint density at radius 3 is 1.57 bits per heavy atom. The van der Waals surface area contributed by atoms with E-state index in [2.05, 4.69) is 11.9 Å². The van der Waals surface area contributed by atoms with Crippen LogP contribution in [0.4, 0.5) is 0 Å². The molecule has 0 saturated carbocycles. The Balaban J connectivity index is 1.72. The number of rotatable bonds is 16. The van der Waals surface area contributed by atoms with Gasteiger partial charge in [-0.05, 0) is 6.42 Å². The predicted octanol–water partition coefficient (Wildman–Crippen LogP) is 6.23. The molecule has 1 aromatic heterocycles. The quantitative estimate of drug-likeness (QED) is 0.261. The lowest BCUT2D eigenvalue weighted by molar-refractivity contribution is 0.531. The molecule has 0 saturated heterocycles. The first-order chi connectivity index (χ1) is 11.3. The van der Waals surface area contributed by atoms with Crippen molar-refractivity contribution < 1.29 is 0 Å². The molecule has 0 aromatic carbocycles. The average molecular weight is 316 g/mol. The molecule has 2 radical (unpaired) electrons. The van der Waals surface area contributed by atoms with E-state index in [1.165, 1.54) is 96.3 Å². The highest BCUT2D eigenvalue weighted by Crippen LogP contribution is 2.13. The van der Waals surface area contributed by atoms with Crippen LogP contribution in [0.3, 0.4) is 0 Å². The molecular formula is C20H37BN2. The Morgan fingerprint density at radius 1 is 0.739 bits per heavy atom. The molecule has 0 amide bonds. The van der Waals surface area contributed by atoms with E-state index >= 15 is 0 Å². The van der Waals surface area contributed by atoms with Crippen molar-refractivity contribution in [3.63, 3.8) is 0 Å². The summed E-state index contributed by atoms with van der Waals surface area (Å²) in [6, 6.07) is 0. The van der Waals surface area contributed by atoms with Gasteiger partial charge in [0.15, 0.2) is 0 Å². The Kier molecular flexibility index (Phi) is 13.1. The Morgan fingerprint density at radius 2 is 1.17 bits per heavy atom. The molecule has 1 heterocycles. The SMILES string of the molecule is [B]n1ccnc1CCCCCCCCCCCCCCCCC. The standard InChI is InChI=1S/C20H37BN2/c1-2-3-4-5-6-7-8-9-10-11-12-13-14-15-16-17-20-22-18-19-23(20)21/h18-19H,2-17H2,1H3. The van der Waals surface area contributed by atoms with Gasteiger partial charge in [0.25, 0.3) is 0 Å². The van der Waals surface area contributed by atoms with Gasteiger partial charge in [0.1, 0.15) is 0 Å². The van der Waals surface area contributed by atoms with Crippen LogP contribution in [0, 0.1) is 0 Å². The lowest BCUT2D eigenvalue weighted by Crippen LogP contribution is -1.99.